The fraction of sp³-hybridized carbons (Fsp3) is 0.667. The topological polar surface area (TPSA) is 43.8 Å². The molecule has 4 nitrogen and oxygen atoms in total. The van der Waals surface area contributed by atoms with E-state index in [4.69, 9.17) is 0 Å². The third-order valence-corrected chi connectivity index (χ3v) is 6.09. The Morgan fingerprint density at radius 1 is 1.28 bits per heavy atom. The molecule has 3 rings (SSSR count). The minimum atomic E-state index is -0.533. The maximum atomic E-state index is 12.2. The number of hydrogen-bond donors (Lipinski definition) is 1. The van der Waals surface area contributed by atoms with Crippen molar-refractivity contribution in [3.05, 3.63) is 35.4 Å². The number of rotatable bonds is 4. The third-order valence-electron chi connectivity index (χ3n) is 6.09. The van der Waals surface area contributed by atoms with Crippen LogP contribution in [0.25, 0.3) is 0 Å². The van der Waals surface area contributed by atoms with Gasteiger partial charge in [0.25, 0.3) is 5.91 Å². The molecular weight excluding hydrogens is 312 g/mol. The zero-order valence-electron chi connectivity index (χ0n) is 15.9. The molecule has 1 N–H and O–H groups in total. The Morgan fingerprint density at radius 2 is 2.08 bits per heavy atom. The van der Waals surface area contributed by atoms with Gasteiger partial charge in [-0.15, -0.1) is 0 Å². The van der Waals surface area contributed by atoms with Crippen molar-refractivity contribution in [3.63, 3.8) is 0 Å². The van der Waals surface area contributed by atoms with Crippen LogP contribution in [0.15, 0.2) is 24.3 Å². The van der Waals surface area contributed by atoms with Crippen molar-refractivity contribution in [2.45, 2.75) is 63.6 Å². The van der Waals surface area contributed by atoms with Gasteiger partial charge < -0.3 is 10.0 Å². The second kappa shape index (κ2) is 7.46. The molecule has 2 fully saturated rings. The Bertz CT molecular complexity index is 612. The van der Waals surface area contributed by atoms with E-state index in [0.29, 0.717) is 12.0 Å². The van der Waals surface area contributed by atoms with Gasteiger partial charge in [0.2, 0.25) is 0 Å². The van der Waals surface area contributed by atoms with Crippen molar-refractivity contribution in [1.82, 2.24) is 9.80 Å². The number of carbonyl (C=O) groups excluding carboxylic acids is 1. The Balaban J connectivity index is 1.74. The summed E-state index contributed by atoms with van der Waals surface area (Å²) in [5.41, 5.74) is 1.41. The molecule has 2 aliphatic rings. The molecule has 0 radical (unpaired) electrons. The molecule has 4 heteroatoms. The van der Waals surface area contributed by atoms with E-state index in [2.05, 4.69) is 11.0 Å². The van der Waals surface area contributed by atoms with Crippen LogP contribution in [0, 0.1) is 5.92 Å². The van der Waals surface area contributed by atoms with Gasteiger partial charge in [-0.25, -0.2) is 0 Å². The van der Waals surface area contributed by atoms with Crippen molar-refractivity contribution >= 4 is 5.91 Å². The number of nitrogens with zero attached hydrogens (tertiary/aromatic N) is 2. The number of hydrogen-bond acceptors (Lipinski definition) is 3. The van der Waals surface area contributed by atoms with Crippen LogP contribution in [-0.2, 0) is 6.54 Å². The summed E-state index contributed by atoms with van der Waals surface area (Å²) in [5, 5.41) is 10.9. The maximum Gasteiger partial charge on any atom is 0.253 e. The normalized spacial score (nSPS) is 30.4. The highest BCUT2D eigenvalue weighted by Gasteiger charge is 2.43. The molecule has 0 aromatic heterocycles. The van der Waals surface area contributed by atoms with Crippen LogP contribution < -0.4 is 0 Å². The molecule has 1 aliphatic carbocycles. The largest absolute Gasteiger partial charge is 0.390 e. The monoisotopic (exact) mass is 344 g/mol. The van der Waals surface area contributed by atoms with Crippen molar-refractivity contribution in [2.75, 3.05) is 20.6 Å². The maximum absolute atomic E-state index is 12.2. The summed E-state index contributed by atoms with van der Waals surface area (Å²) < 4.78 is 0. The Morgan fingerprint density at radius 3 is 2.80 bits per heavy atom. The van der Waals surface area contributed by atoms with E-state index in [1.165, 1.54) is 24.8 Å². The molecule has 1 aromatic carbocycles. The number of benzene rings is 1. The molecule has 1 aromatic rings. The molecule has 25 heavy (non-hydrogen) atoms. The summed E-state index contributed by atoms with van der Waals surface area (Å²) in [5.74, 6) is 0.422. The van der Waals surface area contributed by atoms with Gasteiger partial charge in [-0.2, -0.15) is 0 Å². The number of likely N-dealkylation sites (tertiary alicyclic amines) is 1. The average molecular weight is 344 g/mol. The minimum Gasteiger partial charge on any atom is -0.390 e. The van der Waals surface area contributed by atoms with Crippen LogP contribution >= 0.6 is 0 Å². The van der Waals surface area contributed by atoms with Gasteiger partial charge in [0.15, 0.2) is 0 Å². The van der Waals surface area contributed by atoms with E-state index in [9.17, 15) is 9.90 Å². The van der Waals surface area contributed by atoms with Gasteiger partial charge in [0.05, 0.1) is 5.60 Å². The van der Waals surface area contributed by atoms with Crippen LogP contribution in [0.4, 0.5) is 0 Å². The van der Waals surface area contributed by atoms with Crippen LogP contribution in [0.3, 0.4) is 0 Å². The van der Waals surface area contributed by atoms with E-state index in [0.717, 1.165) is 37.9 Å². The van der Waals surface area contributed by atoms with Gasteiger partial charge in [-0.3, -0.25) is 9.69 Å². The first-order valence-electron chi connectivity index (χ1n) is 9.65. The average Bonchev–Trinajstić information content (AvgIpc) is 3.01. The highest BCUT2D eigenvalue weighted by Crippen LogP contribution is 2.41. The lowest BCUT2D eigenvalue weighted by Crippen LogP contribution is -2.48. The molecule has 0 spiro atoms. The van der Waals surface area contributed by atoms with Gasteiger partial charge in [0.1, 0.15) is 0 Å². The standard InChI is InChI=1S/C21H32N2O2/c1-21(25)12-5-4-10-18(21)19-11-7-13-23(19)15-16-8-6-9-17(14-16)20(24)22(2)3/h6,8-9,14,18-19,25H,4-5,7,10-13,15H2,1-3H3/t18-,19-,21-/m1/s1. The first-order valence-corrected chi connectivity index (χ1v) is 9.65. The number of aliphatic hydroxyl groups is 1. The van der Waals surface area contributed by atoms with E-state index < -0.39 is 5.60 Å². The summed E-state index contributed by atoms with van der Waals surface area (Å²) >= 11 is 0. The lowest BCUT2D eigenvalue weighted by molar-refractivity contribution is -0.0628. The van der Waals surface area contributed by atoms with Crippen LogP contribution in [0.1, 0.15) is 61.4 Å². The van der Waals surface area contributed by atoms with Crippen LogP contribution in [-0.4, -0.2) is 53.1 Å². The van der Waals surface area contributed by atoms with Crippen molar-refractivity contribution in [2.24, 2.45) is 5.92 Å². The van der Waals surface area contributed by atoms with E-state index >= 15 is 0 Å². The van der Waals surface area contributed by atoms with Gasteiger partial charge in [-0.05, 0) is 56.8 Å². The van der Waals surface area contributed by atoms with Gasteiger partial charge in [0, 0.05) is 38.2 Å². The van der Waals surface area contributed by atoms with Crippen molar-refractivity contribution in [3.8, 4) is 0 Å². The predicted octanol–water partition coefficient (Wildman–Crippen LogP) is 3.29. The lowest BCUT2D eigenvalue weighted by Gasteiger charge is -2.43. The molecule has 1 amide bonds. The second-order valence-corrected chi connectivity index (χ2v) is 8.29. The van der Waals surface area contributed by atoms with Gasteiger partial charge >= 0.3 is 0 Å². The second-order valence-electron chi connectivity index (χ2n) is 8.29. The smallest absolute Gasteiger partial charge is 0.253 e. The zero-order valence-corrected chi connectivity index (χ0v) is 15.9. The van der Waals surface area contributed by atoms with E-state index in [1.807, 2.05) is 25.1 Å². The predicted molar refractivity (Wildman–Crippen MR) is 100 cm³/mol. The fourth-order valence-electron chi connectivity index (χ4n) is 4.75. The zero-order chi connectivity index (χ0) is 18.0. The Kier molecular flexibility index (Phi) is 5.49. The summed E-state index contributed by atoms with van der Waals surface area (Å²) in [4.78, 5) is 16.4. The Labute approximate surface area is 151 Å². The molecule has 1 saturated heterocycles. The van der Waals surface area contributed by atoms with Crippen LogP contribution in [0.5, 0.6) is 0 Å². The molecule has 0 unspecified atom stereocenters. The molecular formula is C21H32N2O2. The quantitative estimate of drug-likeness (QED) is 0.911. The molecule has 1 saturated carbocycles. The molecule has 1 heterocycles. The molecule has 138 valence electrons. The Hall–Kier alpha value is -1.39. The summed E-state index contributed by atoms with van der Waals surface area (Å²) in [6.45, 7) is 3.98. The molecule has 0 bridgehead atoms. The first-order chi connectivity index (χ1) is 11.9. The third kappa shape index (κ3) is 4.06. The summed E-state index contributed by atoms with van der Waals surface area (Å²) in [6.07, 6.45) is 6.82. The SMILES string of the molecule is CN(C)C(=O)c1cccc(CN2CCC[C@@H]2[C@H]2CCCC[C@@]2(C)O)c1. The lowest BCUT2D eigenvalue weighted by atomic mass is 9.72. The number of carbonyl (C=O) groups is 1. The number of amides is 1. The van der Waals surface area contributed by atoms with Gasteiger partial charge in [-0.1, -0.05) is 25.0 Å². The fourth-order valence-corrected chi connectivity index (χ4v) is 4.75. The molecule has 3 atom stereocenters. The first kappa shape index (κ1) is 18.4. The summed E-state index contributed by atoms with van der Waals surface area (Å²) in [6, 6.07) is 8.47. The van der Waals surface area contributed by atoms with Crippen molar-refractivity contribution in [1.29, 1.82) is 0 Å². The van der Waals surface area contributed by atoms with E-state index in [1.54, 1.807) is 19.0 Å². The van der Waals surface area contributed by atoms with Crippen molar-refractivity contribution < 1.29 is 9.90 Å². The highest BCUT2D eigenvalue weighted by molar-refractivity contribution is 5.94. The minimum absolute atomic E-state index is 0.0510. The van der Waals surface area contributed by atoms with Crippen LogP contribution in [0.2, 0.25) is 0 Å². The molecule has 1 aliphatic heterocycles. The highest BCUT2D eigenvalue weighted by atomic mass is 16.3. The summed E-state index contributed by atoms with van der Waals surface area (Å²) in [7, 11) is 3.58. The van der Waals surface area contributed by atoms with E-state index in [-0.39, 0.29) is 5.91 Å².